The van der Waals surface area contributed by atoms with E-state index in [9.17, 15) is 9.59 Å². The fourth-order valence-electron chi connectivity index (χ4n) is 0.558. The van der Waals surface area contributed by atoms with E-state index in [-0.39, 0.29) is 5.78 Å². The molecule has 0 radical (unpaired) electrons. The third-order valence-electron chi connectivity index (χ3n) is 1.11. The van der Waals surface area contributed by atoms with Gasteiger partial charge < -0.3 is 4.42 Å². The summed E-state index contributed by atoms with van der Waals surface area (Å²) >= 11 is 0. The van der Waals surface area contributed by atoms with Crippen LogP contribution in [-0.4, -0.2) is 5.78 Å². The second kappa shape index (κ2) is 2.47. The van der Waals surface area contributed by atoms with Gasteiger partial charge in [0.15, 0.2) is 5.78 Å². The second-order valence-corrected chi connectivity index (χ2v) is 1.90. The Bertz CT molecular complexity index is 277. The lowest BCUT2D eigenvalue weighted by atomic mass is 10.2. The van der Waals surface area contributed by atoms with Gasteiger partial charge in [-0.2, -0.15) is 0 Å². The molecule has 0 fully saturated rings. The Hall–Kier alpha value is -1.38. The van der Waals surface area contributed by atoms with Crippen LogP contribution in [0.1, 0.15) is 17.3 Å². The predicted octanol–water partition coefficient (Wildman–Crippen LogP) is 0.842. The van der Waals surface area contributed by atoms with Gasteiger partial charge in [-0.05, 0) is 13.0 Å². The maximum Gasteiger partial charge on any atom is 0.335 e. The minimum atomic E-state index is -0.440. The minimum absolute atomic E-state index is 0.108. The molecule has 0 unspecified atom stereocenters. The predicted molar refractivity (Wildman–Crippen MR) is 35.0 cm³/mol. The molecule has 0 aliphatic rings. The molecule has 1 aromatic rings. The van der Waals surface area contributed by atoms with Crippen molar-refractivity contribution in [3.8, 4) is 0 Å². The van der Waals surface area contributed by atoms with Crippen LogP contribution >= 0.6 is 0 Å². The van der Waals surface area contributed by atoms with Crippen molar-refractivity contribution >= 4 is 5.78 Å². The quantitative estimate of drug-likeness (QED) is 0.540. The van der Waals surface area contributed by atoms with Gasteiger partial charge >= 0.3 is 5.63 Å². The lowest BCUT2D eigenvalue weighted by Crippen LogP contribution is -1.98. The highest BCUT2D eigenvalue weighted by atomic mass is 16.4. The lowest BCUT2D eigenvalue weighted by Gasteiger charge is -1.88. The van der Waals surface area contributed by atoms with E-state index in [4.69, 9.17) is 0 Å². The van der Waals surface area contributed by atoms with Gasteiger partial charge in [-0.15, -0.1) is 0 Å². The second-order valence-electron chi connectivity index (χ2n) is 1.90. The van der Waals surface area contributed by atoms with Crippen LogP contribution in [0.2, 0.25) is 0 Å². The van der Waals surface area contributed by atoms with Crippen LogP contribution in [-0.2, 0) is 0 Å². The SMILES string of the molecule is CC(=O)c1ccc(=O)oc1. The molecule has 0 bridgehead atoms. The van der Waals surface area contributed by atoms with Gasteiger partial charge in [-0.1, -0.05) is 0 Å². The van der Waals surface area contributed by atoms with E-state index < -0.39 is 5.63 Å². The molecule has 52 valence electrons. The van der Waals surface area contributed by atoms with Crippen LogP contribution in [0.25, 0.3) is 0 Å². The summed E-state index contributed by atoms with van der Waals surface area (Å²) in [4.78, 5) is 21.0. The van der Waals surface area contributed by atoms with Crippen LogP contribution < -0.4 is 5.63 Å². The monoisotopic (exact) mass is 138 g/mol. The molecule has 0 aromatic carbocycles. The topological polar surface area (TPSA) is 47.3 Å². The largest absolute Gasteiger partial charge is 0.431 e. The molecule has 3 heteroatoms. The maximum absolute atomic E-state index is 10.6. The summed E-state index contributed by atoms with van der Waals surface area (Å²) in [6.07, 6.45) is 1.16. The minimum Gasteiger partial charge on any atom is -0.431 e. The molecule has 0 N–H and O–H groups in total. The van der Waals surface area contributed by atoms with Gasteiger partial charge in [-0.3, -0.25) is 4.79 Å². The highest BCUT2D eigenvalue weighted by molar-refractivity contribution is 5.93. The van der Waals surface area contributed by atoms with Crippen molar-refractivity contribution in [1.82, 2.24) is 0 Å². The standard InChI is InChI=1S/C7H6O3/c1-5(8)6-2-3-7(9)10-4-6/h2-4H,1H3. The van der Waals surface area contributed by atoms with Crippen molar-refractivity contribution in [3.05, 3.63) is 34.4 Å². The molecule has 0 spiro atoms. The van der Waals surface area contributed by atoms with Gasteiger partial charge in [0.05, 0.1) is 5.56 Å². The molecule has 0 saturated heterocycles. The molecule has 1 aromatic heterocycles. The molecule has 10 heavy (non-hydrogen) atoms. The Morgan fingerprint density at radius 3 is 2.60 bits per heavy atom. The number of rotatable bonds is 1. The maximum atomic E-state index is 10.6. The number of ketones is 1. The summed E-state index contributed by atoms with van der Waals surface area (Å²) in [6, 6.07) is 2.66. The van der Waals surface area contributed by atoms with E-state index in [2.05, 4.69) is 4.42 Å². The Morgan fingerprint density at radius 1 is 1.50 bits per heavy atom. The van der Waals surface area contributed by atoms with E-state index in [1.807, 2.05) is 0 Å². The zero-order valence-corrected chi connectivity index (χ0v) is 5.46. The Labute approximate surface area is 57.3 Å². The molecular weight excluding hydrogens is 132 g/mol. The van der Waals surface area contributed by atoms with E-state index in [1.54, 1.807) is 0 Å². The lowest BCUT2D eigenvalue weighted by molar-refractivity contribution is 0.101. The first-order valence-corrected chi connectivity index (χ1v) is 2.80. The molecule has 0 atom stereocenters. The Kier molecular flexibility index (Phi) is 1.67. The summed E-state index contributed by atoms with van der Waals surface area (Å²) < 4.78 is 4.44. The van der Waals surface area contributed by atoms with Crippen LogP contribution in [0.15, 0.2) is 27.6 Å². The number of carbonyl (C=O) groups is 1. The molecular formula is C7H6O3. The average Bonchev–Trinajstić information content (AvgIpc) is 1.88. The van der Waals surface area contributed by atoms with Gasteiger partial charge in [0, 0.05) is 6.07 Å². The normalized spacial score (nSPS) is 9.30. The first-order valence-electron chi connectivity index (χ1n) is 2.80. The van der Waals surface area contributed by atoms with E-state index >= 15 is 0 Å². The molecule has 0 aliphatic heterocycles. The smallest absolute Gasteiger partial charge is 0.335 e. The van der Waals surface area contributed by atoms with Crippen LogP contribution in [0.5, 0.6) is 0 Å². The van der Waals surface area contributed by atoms with Crippen molar-refractivity contribution in [3.63, 3.8) is 0 Å². The summed E-state index contributed by atoms with van der Waals surface area (Å²) in [7, 11) is 0. The van der Waals surface area contributed by atoms with Crippen LogP contribution in [0, 0.1) is 0 Å². The molecule has 0 aliphatic carbocycles. The zero-order valence-electron chi connectivity index (χ0n) is 5.46. The summed E-state index contributed by atoms with van der Waals surface area (Å²) in [5, 5.41) is 0. The van der Waals surface area contributed by atoms with Gasteiger partial charge in [0.25, 0.3) is 0 Å². The van der Waals surface area contributed by atoms with Gasteiger partial charge in [0.1, 0.15) is 6.26 Å². The van der Waals surface area contributed by atoms with E-state index in [0.29, 0.717) is 5.56 Å². The molecule has 1 rings (SSSR count). The molecule has 1 heterocycles. The van der Waals surface area contributed by atoms with Crippen molar-refractivity contribution in [2.45, 2.75) is 6.92 Å². The van der Waals surface area contributed by atoms with E-state index in [0.717, 1.165) is 6.26 Å². The van der Waals surface area contributed by atoms with Crippen molar-refractivity contribution in [1.29, 1.82) is 0 Å². The average molecular weight is 138 g/mol. The van der Waals surface area contributed by atoms with Crippen molar-refractivity contribution < 1.29 is 9.21 Å². The number of Topliss-reactive ketones (excluding diaryl/α,β-unsaturated/α-hetero) is 1. The molecule has 3 nitrogen and oxygen atoms in total. The summed E-state index contributed by atoms with van der Waals surface area (Å²) in [6.45, 7) is 1.41. The van der Waals surface area contributed by atoms with Gasteiger partial charge in [0.2, 0.25) is 0 Å². The number of carbonyl (C=O) groups excluding carboxylic acids is 1. The Morgan fingerprint density at radius 2 is 2.20 bits per heavy atom. The molecule has 0 amide bonds. The van der Waals surface area contributed by atoms with Crippen LogP contribution in [0.4, 0.5) is 0 Å². The zero-order chi connectivity index (χ0) is 7.56. The highest BCUT2D eigenvalue weighted by Gasteiger charge is 1.97. The van der Waals surface area contributed by atoms with Crippen LogP contribution in [0.3, 0.4) is 0 Å². The van der Waals surface area contributed by atoms with Gasteiger partial charge in [-0.25, -0.2) is 4.79 Å². The first-order chi connectivity index (χ1) is 4.70. The summed E-state index contributed by atoms with van der Waals surface area (Å²) in [5.74, 6) is -0.108. The summed E-state index contributed by atoms with van der Waals surface area (Å²) in [5.41, 5.74) is -0.0235. The number of hydrogen-bond donors (Lipinski definition) is 0. The fraction of sp³-hybridized carbons (Fsp3) is 0.143. The number of hydrogen-bond acceptors (Lipinski definition) is 3. The molecule has 0 saturated carbocycles. The van der Waals surface area contributed by atoms with Crippen molar-refractivity contribution in [2.24, 2.45) is 0 Å². The Balaban J connectivity index is 3.12. The third kappa shape index (κ3) is 1.31. The fourth-order valence-corrected chi connectivity index (χ4v) is 0.558. The van der Waals surface area contributed by atoms with E-state index in [1.165, 1.54) is 19.1 Å². The third-order valence-corrected chi connectivity index (χ3v) is 1.11. The highest BCUT2D eigenvalue weighted by Crippen LogP contribution is 1.94. The first kappa shape index (κ1) is 6.74. The van der Waals surface area contributed by atoms with Crippen molar-refractivity contribution in [2.75, 3.05) is 0 Å².